The Hall–Kier alpha value is -0.100. The lowest BCUT2D eigenvalue weighted by Gasteiger charge is -1.99. The van der Waals surface area contributed by atoms with Crippen LogP contribution in [0.25, 0.3) is 0 Å². The predicted octanol–water partition coefficient (Wildman–Crippen LogP) is 2.30. The second-order valence-corrected chi connectivity index (χ2v) is 3.50. The topological polar surface area (TPSA) is 17.8 Å². The standard InChI is InChI=1S/C5H4BrF2N2S/c1-10-4(11-5(7)8)3(6)2-9-10/h5H,1H3. The van der Waals surface area contributed by atoms with Crippen LogP contribution in [0.4, 0.5) is 8.78 Å². The van der Waals surface area contributed by atoms with Crippen molar-refractivity contribution in [3.05, 3.63) is 10.7 Å². The van der Waals surface area contributed by atoms with E-state index in [2.05, 4.69) is 27.2 Å². The molecule has 1 rings (SSSR count). The van der Waals surface area contributed by atoms with Crippen molar-refractivity contribution in [1.82, 2.24) is 9.78 Å². The van der Waals surface area contributed by atoms with Crippen molar-refractivity contribution in [1.29, 1.82) is 0 Å². The Kier molecular flexibility index (Phi) is 2.89. The largest absolute Gasteiger partial charge is 0.290 e. The van der Waals surface area contributed by atoms with Crippen molar-refractivity contribution in [2.45, 2.75) is 10.8 Å². The number of alkyl halides is 2. The fourth-order valence-electron chi connectivity index (χ4n) is 0.567. The number of nitrogens with zero attached hydrogens (tertiary/aromatic N) is 2. The van der Waals surface area contributed by atoms with Crippen LogP contribution < -0.4 is 0 Å². The van der Waals surface area contributed by atoms with Crippen LogP contribution in [0.1, 0.15) is 0 Å². The molecule has 1 heterocycles. The van der Waals surface area contributed by atoms with Gasteiger partial charge in [-0.25, -0.2) is 0 Å². The molecule has 0 aromatic carbocycles. The maximum Gasteiger partial charge on any atom is 0.290 e. The Morgan fingerprint density at radius 2 is 2.36 bits per heavy atom. The third kappa shape index (κ3) is 2.16. The van der Waals surface area contributed by atoms with Crippen molar-refractivity contribution >= 4 is 27.7 Å². The van der Waals surface area contributed by atoms with E-state index in [9.17, 15) is 8.78 Å². The van der Waals surface area contributed by atoms with Gasteiger partial charge in [0.05, 0.1) is 4.47 Å². The summed E-state index contributed by atoms with van der Waals surface area (Å²) in [4.78, 5) is 0. The van der Waals surface area contributed by atoms with E-state index in [0.29, 0.717) is 21.3 Å². The molecule has 1 radical (unpaired) electrons. The zero-order valence-electron chi connectivity index (χ0n) is 5.51. The van der Waals surface area contributed by atoms with Gasteiger partial charge < -0.3 is 0 Å². The van der Waals surface area contributed by atoms with Crippen LogP contribution in [-0.2, 0) is 7.05 Å². The molecule has 0 unspecified atom stereocenters. The van der Waals surface area contributed by atoms with Crippen LogP contribution in [0.3, 0.4) is 0 Å². The summed E-state index contributed by atoms with van der Waals surface area (Å²) >= 11 is 3.50. The fourth-order valence-corrected chi connectivity index (χ4v) is 1.69. The molecular formula is C5H4BrF2N2S. The normalized spacial score (nSPS) is 11.0. The van der Waals surface area contributed by atoms with E-state index < -0.39 is 5.76 Å². The molecule has 0 bridgehead atoms. The van der Waals surface area contributed by atoms with Gasteiger partial charge in [0.25, 0.3) is 5.76 Å². The molecule has 6 heteroatoms. The lowest BCUT2D eigenvalue weighted by atomic mass is 10.7. The summed E-state index contributed by atoms with van der Waals surface area (Å²) in [5.41, 5.74) is 0. The molecule has 0 saturated heterocycles. The summed E-state index contributed by atoms with van der Waals surface area (Å²) in [6.45, 7) is 0. The molecule has 0 aliphatic heterocycles. The lowest BCUT2D eigenvalue weighted by molar-refractivity contribution is 0.251. The van der Waals surface area contributed by atoms with Crippen LogP contribution in [0.5, 0.6) is 0 Å². The Morgan fingerprint density at radius 3 is 2.73 bits per heavy atom. The molecule has 0 atom stereocenters. The molecule has 0 aliphatic rings. The summed E-state index contributed by atoms with van der Waals surface area (Å²) in [6.07, 6.45) is 2.52. The average Bonchev–Trinajstić information content (AvgIpc) is 2.18. The quantitative estimate of drug-likeness (QED) is 0.740. The van der Waals surface area contributed by atoms with Gasteiger partial charge in [-0.3, -0.25) is 4.68 Å². The van der Waals surface area contributed by atoms with Gasteiger partial charge in [0.15, 0.2) is 0 Å². The van der Waals surface area contributed by atoms with E-state index >= 15 is 0 Å². The highest BCUT2D eigenvalue weighted by Gasteiger charge is 2.12. The molecular weight excluding hydrogens is 238 g/mol. The van der Waals surface area contributed by atoms with Crippen LogP contribution in [0.2, 0.25) is 0 Å². The third-order valence-corrected chi connectivity index (χ3v) is 2.67. The van der Waals surface area contributed by atoms with Gasteiger partial charge in [0, 0.05) is 7.05 Å². The molecule has 2 nitrogen and oxygen atoms in total. The predicted molar refractivity (Wildman–Crippen MR) is 41.6 cm³/mol. The number of rotatable bonds is 2. The molecule has 61 valence electrons. The van der Waals surface area contributed by atoms with Crippen molar-refractivity contribution in [2.75, 3.05) is 0 Å². The third-order valence-electron chi connectivity index (χ3n) is 0.981. The average molecular weight is 242 g/mol. The molecule has 0 aliphatic carbocycles. The first-order valence-electron chi connectivity index (χ1n) is 2.66. The van der Waals surface area contributed by atoms with E-state index in [4.69, 9.17) is 0 Å². The molecule has 0 fully saturated rings. The summed E-state index contributed by atoms with van der Waals surface area (Å²) in [6, 6.07) is 0. The molecule has 11 heavy (non-hydrogen) atoms. The van der Waals surface area contributed by atoms with E-state index in [1.165, 1.54) is 4.68 Å². The number of thioether (sulfide) groups is 1. The fraction of sp³-hybridized carbons (Fsp3) is 0.400. The number of aromatic nitrogens is 2. The van der Waals surface area contributed by atoms with Crippen molar-refractivity contribution in [3.8, 4) is 0 Å². The van der Waals surface area contributed by atoms with Crippen LogP contribution in [0, 0.1) is 6.20 Å². The highest BCUT2D eigenvalue weighted by Crippen LogP contribution is 2.30. The van der Waals surface area contributed by atoms with E-state index in [1.807, 2.05) is 0 Å². The van der Waals surface area contributed by atoms with E-state index in [1.54, 1.807) is 7.05 Å². The van der Waals surface area contributed by atoms with E-state index in [-0.39, 0.29) is 0 Å². The molecule has 1 aromatic rings. The highest BCUT2D eigenvalue weighted by molar-refractivity contribution is 9.10. The van der Waals surface area contributed by atoms with Crippen LogP contribution in [0.15, 0.2) is 9.50 Å². The zero-order chi connectivity index (χ0) is 8.43. The zero-order valence-corrected chi connectivity index (χ0v) is 7.92. The molecule has 0 N–H and O–H groups in total. The lowest BCUT2D eigenvalue weighted by Crippen LogP contribution is -1.94. The summed E-state index contributed by atoms with van der Waals surface area (Å²) in [5.74, 6) is -2.42. The van der Waals surface area contributed by atoms with Gasteiger partial charge in [-0.1, -0.05) is 0 Å². The van der Waals surface area contributed by atoms with Gasteiger partial charge in [0.1, 0.15) is 11.2 Å². The van der Waals surface area contributed by atoms with Crippen LogP contribution in [-0.4, -0.2) is 15.5 Å². The second kappa shape index (κ2) is 3.53. The van der Waals surface area contributed by atoms with Gasteiger partial charge in [-0.05, 0) is 27.7 Å². The minimum absolute atomic E-state index is 0.389. The number of hydrogen-bond donors (Lipinski definition) is 0. The molecule has 0 amide bonds. The number of aryl methyl sites for hydroxylation is 1. The smallest absolute Gasteiger partial charge is 0.260 e. The minimum atomic E-state index is -2.42. The maximum absolute atomic E-state index is 11.8. The Bertz CT molecular complexity index is 231. The second-order valence-electron chi connectivity index (χ2n) is 1.73. The number of hydrogen-bond acceptors (Lipinski definition) is 2. The summed E-state index contributed by atoms with van der Waals surface area (Å²) in [7, 11) is 1.59. The Labute approximate surface area is 75.1 Å². The molecule has 0 saturated carbocycles. The summed E-state index contributed by atoms with van der Waals surface area (Å²) < 4.78 is 25.5. The maximum atomic E-state index is 11.8. The SMILES string of the molecule is Cn1n[c]c(Br)c1SC(F)F. The first-order chi connectivity index (χ1) is 5.11. The molecule has 1 aromatic heterocycles. The number of halogens is 3. The first-order valence-corrected chi connectivity index (χ1v) is 4.33. The highest BCUT2D eigenvalue weighted by atomic mass is 79.9. The van der Waals surface area contributed by atoms with Gasteiger partial charge in [-0.2, -0.15) is 13.9 Å². The van der Waals surface area contributed by atoms with Crippen molar-refractivity contribution in [3.63, 3.8) is 0 Å². The Morgan fingerprint density at radius 1 is 1.73 bits per heavy atom. The van der Waals surface area contributed by atoms with Crippen LogP contribution >= 0.6 is 27.7 Å². The Balaban J connectivity index is 2.83. The first kappa shape index (κ1) is 8.99. The van der Waals surface area contributed by atoms with Gasteiger partial charge >= 0.3 is 0 Å². The molecule has 0 spiro atoms. The van der Waals surface area contributed by atoms with Gasteiger partial charge in [0.2, 0.25) is 0 Å². The van der Waals surface area contributed by atoms with Crippen molar-refractivity contribution in [2.24, 2.45) is 7.05 Å². The summed E-state index contributed by atoms with van der Waals surface area (Å²) in [5, 5.41) is 4.05. The van der Waals surface area contributed by atoms with E-state index in [0.717, 1.165) is 0 Å². The minimum Gasteiger partial charge on any atom is -0.260 e. The van der Waals surface area contributed by atoms with Gasteiger partial charge in [-0.15, -0.1) is 0 Å². The van der Waals surface area contributed by atoms with Crippen molar-refractivity contribution < 1.29 is 8.78 Å². The monoisotopic (exact) mass is 241 g/mol.